The predicted molar refractivity (Wildman–Crippen MR) is 101 cm³/mol. The molecule has 4 rings (SSSR count). The van der Waals surface area contributed by atoms with Crippen molar-refractivity contribution in [1.29, 1.82) is 5.41 Å². The Morgan fingerprint density at radius 2 is 1.68 bits per heavy atom. The molecule has 4 nitrogen and oxygen atoms in total. The first kappa shape index (κ1) is 15.5. The molecule has 0 radical (unpaired) electrons. The minimum atomic E-state index is 0.227. The number of nitrogens with zero attached hydrogens (tertiary/aromatic N) is 2. The fourth-order valence-corrected chi connectivity index (χ4v) is 3.80. The van der Waals surface area contributed by atoms with E-state index in [1.165, 1.54) is 16.7 Å². The van der Waals surface area contributed by atoms with Crippen LogP contribution < -0.4 is 5.73 Å². The average Bonchev–Trinajstić information content (AvgIpc) is 2.61. The van der Waals surface area contributed by atoms with Crippen molar-refractivity contribution < 1.29 is 0 Å². The summed E-state index contributed by atoms with van der Waals surface area (Å²) in [5.74, 6) is 0.520. The molecule has 0 saturated heterocycles. The van der Waals surface area contributed by atoms with Crippen molar-refractivity contribution in [3.8, 4) is 11.1 Å². The molecule has 2 aromatic carbocycles. The third-order valence-corrected chi connectivity index (χ3v) is 4.86. The van der Waals surface area contributed by atoms with E-state index in [2.05, 4.69) is 58.5 Å². The summed E-state index contributed by atoms with van der Waals surface area (Å²) >= 11 is 0. The van der Waals surface area contributed by atoms with E-state index in [1.54, 1.807) is 0 Å². The highest BCUT2D eigenvalue weighted by Crippen LogP contribution is 2.37. The van der Waals surface area contributed by atoms with Crippen molar-refractivity contribution in [3.63, 3.8) is 0 Å². The molecule has 0 saturated carbocycles. The lowest BCUT2D eigenvalue weighted by Crippen LogP contribution is -2.23. The maximum absolute atomic E-state index is 8.52. The molecule has 3 aromatic rings. The molecule has 0 fully saturated rings. The Hall–Kier alpha value is -3.01. The average molecular weight is 328 g/mol. The van der Waals surface area contributed by atoms with Gasteiger partial charge in [-0.1, -0.05) is 54.6 Å². The second-order valence-electron chi connectivity index (χ2n) is 6.53. The Morgan fingerprint density at radius 1 is 0.960 bits per heavy atom. The SMILES string of the molecule is Cc1nc(N)nc2c1C(=N)CC(c1ccccc1-c1ccccc1)C2. The van der Waals surface area contributed by atoms with Gasteiger partial charge < -0.3 is 11.1 Å². The van der Waals surface area contributed by atoms with Gasteiger partial charge in [0.05, 0.1) is 11.4 Å². The maximum atomic E-state index is 8.52. The van der Waals surface area contributed by atoms with E-state index < -0.39 is 0 Å². The number of anilines is 1. The molecule has 1 aromatic heterocycles. The molecule has 25 heavy (non-hydrogen) atoms. The first-order valence-corrected chi connectivity index (χ1v) is 8.48. The van der Waals surface area contributed by atoms with Gasteiger partial charge in [0.25, 0.3) is 0 Å². The van der Waals surface area contributed by atoms with Crippen LogP contribution in [0.25, 0.3) is 11.1 Å². The number of rotatable bonds is 2. The van der Waals surface area contributed by atoms with Gasteiger partial charge in [-0.3, -0.25) is 0 Å². The minimum Gasteiger partial charge on any atom is -0.368 e. The molecule has 0 aliphatic heterocycles. The number of fused-ring (bicyclic) bond motifs is 1. The normalized spacial score (nSPS) is 16.5. The molecule has 1 heterocycles. The van der Waals surface area contributed by atoms with Gasteiger partial charge in [0, 0.05) is 11.3 Å². The van der Waals surface area contributed by atoms with Crippen molar-refractivity contribution in [2.45, 2.75) is 25.7 Å². The number of nitrogens with two attached hydrogens (primary N) is 1. The zero-order valence-electron chi connectivity index (χ0n) is 14.2. The number of hydrogen-bond donors (Lipinski definition) is 2. The zero-order valence-corrected chi connectivity index (χ0v) is 14.2. The van der Waals surface area contributed by atoms with Crippen LogP contribution in [0.2, 0.25) is 0 Å². The fraction of sp³-hybridized carbons (Fsp3) is 0.190. The second-order valence-corrected chi connectivity index (χ2v) is 6.53. The Kier molecular flexibility index (Phi) is 3.80. The lowest BCUT2D eigenvalue weighted by atomic mass is 9.78. The number of aromatic nitrogens is 2. The first-order valence-electron chi connectivity index (χ1n) is 8.48. The van der Waals surface area contributed by atoms with Crippen molar-refractivity contribution >= 4 is 11.7 Å². The van der Waals surface area contributed by atoms with E-state index in [0.717, 1.165) is 23.4 Å². The topological polar surface area (TPSA) is 75.7 Å². The van der Waals surface area contributed by atoms with Crippen LogP contribution >= 0.6 is 0 Å². The van der Waals surface area contributed by atoms with Crippen LogP contribution in [0.1, 0.15) is 34.9 Å². The molecule has 124 valence electrons. The smallest absolute Gasteiger partial charge is 0.220 e. The lowest BCUT2D eigenvalue weighted by Gasteiger charge is -2.27. The molecule has 0 spiro atoms. The summed E-state index contributed by atoms with van der Waals surface area (Å²) < 4.78 is 0. The highest BCUT2D eigenvalue weighted by Gasteiger charge is 2.28. The summed E-state index contributed by atoms with van der Waals surface area (Å²) in [5.41, 5.74) is 12.7. The monoisotopic (exact) mass is 328 g/mol. The minimum absolute atomic E-state index is 0.227. The third kappa shape index (κ3) is 2.80. The summed E-state index contributed by atoms with van der Waals surface area (Å²) in [4.78, 5) is 8.66. The summed E-state index contributed by atoms with van der Waals surface area (Å²) in [6, 6.07) is 18.9. The van der Waals surface area contributed by atoms with E-state index in [4.69, 9.17) is 11.1 Å². The summed E-state index contributed by atoms with van der Waals surface area (Å²) in [7, 11) is 0. The van der Waals surface area contributed by atoms with Crippen LogP contribution in [0.15, 0.2) is 54.6 Å². The van der Waals surface area contributed by atoms with Gasteiger partial charge in [-0.05, 0) is 42.4 Å². The Morgan fingerprint density at radius 3 is 2.48 bits per heavy atom. The van der Waals surface area contributed by atoms with Crippen molar-refractivity contribution in [3.05, 3.63) is 77.1 Å². The lowest BCUT2D eigenvalue weighted by molar-refractivity contribution is 0.676. The van der Waals surface area contributed by atoms with E-state index in [-0.39, 0.29) is 5.92 Å². The Balaban J connectivity index is 1.79. The largest absolute Gasteiger partial charge is 0.368 e. The summed E-state index contributed by atoms with van der Waals surface area (Å²) in [6.07, 6.45) is 1.49. The zero-order chi connectivity index (χ0) is 17.4. The quantitative estimate of drug-likeness (QED) is 0.742. The Labute approximate surface area is 147 Å². The molecular weight excluding hydrogens is 308 g/mol. The number of hydrogen-bond acceptors (Lipinski definition) is 4. The molecular formula is C21H20N4. The summed E-state index contributed by atoms with van der Waals surface area (Å²) in [5, 5.41) is 8.52. The third-order valence-electron chi connectivity index (χ3n) is 4.86. The van der Waals surface area contributed by atoms with Crippen LogP contribution in [-0.2, 0) is 6.42 Å². The van der Waals surface area contributed by atoms with Crippen LogP contribution in [0, 0.1) is 12.3 Å². The number of aryl methyl sites for hydroxylation is 1. The molecule has 0 amide bonds. The van der Waals surface area contributed by atoms with E-state index in [1.807, 2.05) is 13.0 Å². The van der Waals surface area contributed by atoms with Gasteiger partial charge in [-0.15, -0.1) is 0 Å². The van der Waals surface area contributed by atoms with Gasteiger partial charge >= 0.3 is 0 Å². The molecule has 4 heteroatoms. The maximum Gasteiger partial charge on any atom is 0.220 e. The molecule has 0 bridgehead atoms. The van der Waals surface area contributed by atoms with E-state index in [0.29, 0.717) is 18.1 Å². The van der Waals surface area contributed by atoms with Crippen molar-refractivity contribution in [1.82, 2.24) is 9.97 Å². The summed E-state index contributed by atoms with van der Waals surface area (Å²) in [6.45, 7) is 1.91. The van der Waals surface area contributed by atoms with Gasteiger partial charge in [0.1, 0.15) is 0 Å². The second kappa shape index (κ2) is 6.13. The van der Waals surface area contributed by atoms with Gasteiger partial charge in [-0.25, -0.2) is 9.97 Å². The highest BCUT2D eigenvalue weighted by molar-refractivity contribution is 6.01. The molecule has 3 N–H and O–H groups in total. The van der Waals surface area contributed by atoms with E-state index >= 15 is 0 Å². The van der Waals surface area contributed by atoms with Crippen molar-refractivity contribution in [2.24, 2.45) is 0 Å². The van der Waals surface area contributed by atoms with Gasteiger partial charge in [-0.2, -0.15) is 0 Å². The number of nitrogens with one attached hydrogen (secondary N) is 1. The van der Waals surface area contributed by atoms with Crippen LogP contribution in [0.4, 0.5) is 5.95 Å². The number of benzene rings is 2. The first-order chi connectivity index (χ1) is 12.1. The van der Waals surface area contributed by atoms with E-state index in [9.17, 15) is 0 Å². The standard InChI is InChI=1S/C21H20N4/c1-13-20-18(22)11-15(12-19(20)25-21(23)24-13)17-10-6-5-9-16(17)14-7-3-2-4-8-14/h2-10,15,22H,11-12H2,1H3,(H2,23,24,25). The molecule has 1 atom stereocenters. The van der Waals surface area contributed by atoms with Gasteiger partial charge in [0.15, 0.2) is 0 Å². The fourth-order valence-electron chi connectivity index (χ4n) is 3.80. The molecule has 1 aliphatic carbocycles. The Bertz CT molecular complexity index is 947. The predicted octanol–water partition coefficient (Wildman–Crippen LogP) is 4.13. The van der Waals surface area contributed by atoms with Gasteiger partial charge in [0.2, 0.25) is 5.95 Å². The van der Waals surface area contributed by atoms with Crippen LogP contribution in [0.5, 0.6) is 0 Å². The molecule has 1 aliphatic rings. The number of nitrogen functional groups attached to an aromatic ring is 1. The highest BCUT2D eigenvalue weighted by atomic mass is 15.0. The molecule has 1 unspecified atom stereocenters. The van der Waals surface area contributed by atoms with Crippen molar-refractivity contribution in [2.75, 3.05) is 5.73 Å². The van der Waals surface area contributed by atoms with Crippen LogP contribution in [-0.4, -0.2) is 15.7 Å². The van der Waals surface area contributed by atoms with Crippen LogP contribution in [0.3, 0.4) is 0 Å².